The molecule has 0 radical (unpaired) electrons. The van der Waals surface area contributed by atoms with Crippen LogP contribution in [0.3, 0.4) is 0 Å². The molecule has 0 saturated heterocycles. The van der Waals surface area contributed by atoms with Gasteiger partial charge in [0, 0.05) is 19.5 Å². The maximum absolute atomic E-state index is 11.7. The lowest BCUT2D eigenvalue weighted by Crippen LogP contribution is -2.49. The Hall–Kier alpha value is -1.10. The number of hydrogen-bond donors (Lipinski definition) is 1. The van der Waals surface area contributed by atoms with Gasteiger partial charge in [-0.2, -0.15) is 0 Å². The van der Waals surface area contributed by atoms with Crippen LogP contribution in [-0.4, -0.2) is 49.6 Å². The Kier molecular flexibility index (Phi) is 6.84. The second-order valence-electron chi connectivity index (χ2n) is 5.36. The Balaban J connectivity index is 2.55. The summed E-state index contributed by atoms with van der Waals surface area (Å²) < 4.78 is 4.75. The van der Waals surface area contributed by atoms with Gasteiger partial charge >= 0.3 is 5.97 Å². The normalized spacial score (nSPS) is 18.7. The van der Waals surface area contributed by atoms with Gasteiger partial charge in [0.25, 0.3) is 0 Å². The van der Waals surface area contributed by atoms with E-state index >= 15 is 0 Å². The molecule has 1 amide bonds. The molecule has 1 saturated carbocycles. The Morgan fingerprint density at radius 2 is 1.84 bits per heavy atom. The van der Waals surface area contributed by atoms with Crippen LogP contribution in [0.1, 0.15) is 45.4 Å². The maximum atomic E-state index is 11.7. The largest absolute Gasteiger partial charge is 0.467 e. The van der Waals surface area contributed by atoms with E-state index in [0.29, 0.717) is 12.6 Å². The number of esters is 1. The van der Waals surface area contributed by atoms with E-state index in [9.17, 15) is 9.59 Å². The van der Waals surface area contributed by atoms with E-state index in [-0.39, 0.29) is 11.9 Å². The molecule has 1 aliphatic rings. The number of nitrogens with zero attached hydrogens (tertiary/aromatic N) is 1. The van der Waals surface area contributed by atoms with Crippen LogP contribution in [0, 0.1) is 0 Å². The summed E-state index contributed by atoms with van der Waals surface area (Å²) in [5.41, 5.74) is 0. The summed E-state index contributed by atoms with van der Waals surface area (Å²) in [6.45, 7) is 1.93. The molecule has 1 rings (SSSR count). The minimum Gasteiger partial charge on any atom is -0.467 e. The van der Waals surface area contributed by atoms with E-state index < -0.39 is 6.04 Å². The van der Waals surface area contributed by atoms with Crippen molar-refractivity contribution in [2.24, 2.45) is 0 Å². The molecular weight excluding hydrogens is 244 g/mol. The molecule has 19 heavy (non-hydrogen) atoms. The van der Waals surface area contributed by atoms with E-state index in [1.54, 1.807) is 0 Å². The zero-order chi connectivity index (χ0) is 14.3. The SMILES string of the molecule is COC(=O)C(CN(C)C1CCCCCC1)NC(C)=O. The molecule has 0 heterocycles. The van der Waals surface area contributed by atoms with Crippen LogP contribution in [0.5, 0.6) is 0 Å². The summed E-state index contributed by atoms with van der Waals surface area (Å²) >= 11 is 0. The van der Waals surface area contributed by atoms with Crippen molar-refractivity contribution in [3.8, 4) is 0 Å². The van der Waals surface area contributed by atoms with Crippen LogP contribution in [0.25, 0.3) is 0 Å². The summed E-state index contributed by atoms with van der Waals surface area (Å²) in [7, 11) is 3.37. The van der Waals surface area contributed by atoms with E-state index in [4.69, 9.17) is 4.74 Å². The molecule has 0 spiro atoms. The number of amides is 1. The number of methoxy groups -OCH3 is 1. The Labute approximate surface area is 115 Å². The second kappa shape index (κ2) is 8.15. The summed E-state index contributed by atoms with van der Waals surface area (Å²) in [6, 6.07) is -0.0702. The smallest absolute Gasteiger partial charge is 0.329 e. The van der Waals surface area contributed by atoms with E-state index in [1.165, 1.54) is 52.6 Å². The monoisotopic (exact) mass is 270 g/mol. The van der Waals surface area contributed by atoms with Gasteiger partial charge in [-0.3, -0.25) is 4.79 Å². The number of carbonyl (C=O) groups excluding carboxylic acids is 2. The van der Waals surface area contributed by atoms with Crippen molar-refractivity contribution in [2.45, 2.75) is 57.5 Å². The van der Waals surface area contributed by atoms with Crippen molar-refractivity contribution in [1.82, 2.24) is 10.2 Å². The molecular formula is C14H26N2O3. The number of nitrogens with one attached hydrogen (secondary N) is 1. The first-order valence-electron chi connectivity index (χ1n) is 7.09. The van der Waals surface area contributed by atoms with E-state index in [0.717, 1.165) is 0 Å². The van der Waals surface area contributed by atoms with Crippen LogP contribution in [0.2, 0.25) is 0 Å². The second-order valence-corrected chi connectivity index (χ2v) is 5.36. The summed E-state index contributed by atoms with van der Waals surface area (Å²) in [5, 5.41) is 2.66. The molecule has 5 nitrogen and oxygen atoms in total. The van der Waals surface area contributed by atoms with Gasteiger partial charge in [0.2, 0.25) is 5.91 Å². The van der Waals surface area contributed by atoms with Gasteiger partial charge in [-0.15, -0.1) is 0 Å². The molecule has 0 aromatic rings. The molecule has 0 bridgehead atoms. The molecule has 0 aromatic carbocycles. The number of likely N-dealkylation sites (N-methyl/N-ethyl adjacent to an activating group) is 1. The van der Waals surface area contributed by atoms with Gasteiger partial charge in [0.1, 0.15) is 6.04 Å². The van der Waals surface area contributed by atoms with Crippen molar-refractivity contribution in [3.63, 3.8) is 0 Å². The first-order chi connectivity index (χ1) is 9.04. The van der Waals surface area contributed by atoms with Crippen molar-refractivity contribution >= 4 is 11.9 Å². The highest BCUT2D eigenvalue weighted by molar-refractivity contribution is 5.83. The summed E-state index contributed by atoms with van der Waals surface area (Å²) in [6.07, 6.45) is 7.44. The van der Waals surface area contributed by atoms with Crippen molar-refractivity contribution in [3.05, 3.63) is 0 Å². The third-order valence-electron chi connectivity index (χ3n) is 3.78. The zero-order valence-corrected chi connectivity index (χ0v) is 12.3. The Bertz CT molecular complexity index is 299. The number of hydrogen-bond acceptors (Lipinski definition) is 4. The van der Waals surface area contributed by atoms with Crippen LogP contribution in [0.15, 0.2) is 0 Å². The zero-order valence-electron chi connectivity index (χ0n) is 12.3. The molecule has 5 heteroatoms. The lowest BCUT2D eigenvalue weighted by molar-refractivity contribution is -0.145. The predicted molar refractivity (Wildman–Crippen MR) is 73.7 cm³/mol. The van der Waals surface area contributed by atoms with Gasteiger partial charge in [-0.25, -0.2) is 4.79 Å². The van der Waals surface area contributed by atoms with Gasteiger partial charge in [0.05, 0.1) is 7.11 Å². The Morgan fingerprint density at radius 3 is 2.32 bits per heavy atom. The van der Waals surface area contributed by atoms with Gasteiger partial charge in [0.15, 0.2) is 0 Å². The highest BCUT2D eigenvalue weighted by Crippen LogP contribution is 2.21. The highest BCUT2D eigenvalue weighted by Gasteiger charge is 2.25. The lowest BCUT2D eigenvalue weighted by atomic mass is 10.1. The highest BCUT2D eigenvalue weighted by atomic mass is 16.5. The van der Waals surface area contributed by atoms with E-state index in [2.05, 4.69) is 10.2 Å². The fraction of sp³-hybridized carbons (Fsp3) is 0.857. The predicted octanol–water partition coefficient (Wildman–Crippen LogP) is 1.32. The van der Waals surface area contributed by atoms with E-state index in [1.807, 2.05) is 7.05 Å². The van der Waals surface area contributed by atoms with Crippen molar-refractivity contribution in [1.29, 1.82) is 0 Å². The van der Waals surface area contributed by atoms with Crippen LogP contribution < -0.4 is 5.32 Å². The number of carbonyl (C=O) groups is 2. The summed E-state index contributed by atoms with van der Waals surface area (Å²) in [5.74, 6) is -0.583. The quantitative estimate of drug-likeness (QED) is 0.604. The minimum atomic E-state index is -0.573. The number of rotatable bonds is 5. The molecule has 1 fully saturated rings. The van der Waals surface area contributed by atoms with Gasteiger partial charge in [-0.1, -0.05) is 25.7 Å². The first-order valence-corrected chi connectivity index (χ1v) is 7.09. The third-order valence-corrected chi connectivity index (χ3v) is 3.78. The average molecular weight is 270 g/mol. The van der Waals surface area contributed by atoms with Crippen molar-refractivity contribution in [2.75, 3.05) is 20.7 Å². The molecule has 110 valence electrons. The Morgan fingerprint density at radius 1 is 1.26 bits per heavy atom. The van der Waals surface area contributed by atoms with Crippen LogP contribution in [-0.2, 0) is 14.3 Å². The third kappa shape index (κ3) is 5.59. The minimum absolute atomic E-state index is 0.204. The summed E-state index contributed by atoms with van der Waals surface area (Å²) in [4.78, 5) is 25.0. The lowest BCUT2D eigenvalue weighted by Gasteiger charge is -2.30. The molecule has 1 unspecified atom stereocenters. The topological polar surface area (TPSA) is 58.6 Å². The molecule has 1 N–H and O–H groups in total. The van der Waals surface area contributed by atoms with Crippen LogP contribution >= 0.6 is 0 Å². The molecule has 1 atom stereocenters. The average Bonchev–Trinajstić information content (AvgIpc) is 2.65. The fourth-order valence-electron chi connectivity index (χ4n) is 2.70. The van der Waals surface area contributed by atoms with Gasteiger partial charge in [-0.05, 0) is 19.9 Å². The molecule has 1 aliphatic carbocycles. The molecule has 0 aromatic heterocycles. The first kappa shape index (κ1) is 16.0. The van der Waals surface area contributed by atoms with Crippen LogP contribution in [0.4, 0.5) is 0 Å². The fourth-order valence-corrected chi connectivity index (χ4v) is 2.70. The standard InChI is InChI=1S/C14H26N2O3/c1-11(17)15-13(14(18)19-3)10-16(2)12-8-6-4-5-7-9-12/h12-13H,4-10H2,1-3H3,(H,15,17). The molecule has 0 aliphatic heterocycles. The van der Waals surface area contributed by atoms with Crippen molar-refractivity contribution < 1.29 is 14.3 Å². The van der Waals surface area contributed by atoms with Gasteiger partial charge < -0.3 is 15.0 Å². The maximum Gasteiger partial charge on any atom is 0.329 e. The number of ether oxygens (including phenoxy) is 1.